The lowest BCUT2D eigenvalue weighted by Gasteiger charge is -2.33. The molecule has 3 N–H and O–H groups in total. The number of fused-ring (bicyclic) bond motifs is 3. The fourth-order valence-electron chi connectivity index (χ4n) is 8.42. The van der Waals surface area contributed by atoms with Gasteiger partial charge in [-0.15, -0.1) is 0 Å². The van der Waals surface area contributed by atoms with Crippen molar-refractivity contribution in [2.24, 2.45) is 0 Å². The van der Waals surface area contributed by atoms with Crippen LogP contribution in [-0.2, 0) is 0 Å². The van der Waals surface area contributed by atoms with Gasteiger partial charge < -0.3 is 10.6 Å². The van der Waals surface area contributed by atoms with E-state index in [4.69, 9.17) is 0 Å². The summed E-state index contributed by atoms with van der Waals surface area (Å²) in [7, 11) is 0. The Morgan fingerprint density at radius 1 is 0.481 bits per heavy atom. The number of hydrogen-bond donors (Lipinski definition) is 3. The molecule has 0 aromatic heterocycles. The van der Waals surface area contributed by atoms with Gasteiger partial charge in [-0.2, -0.15) is 0 Å². The molecule has 3 heteroatoms. The van der Waals surface area contributed by atoms with Crippen molar-refractivity contribution in [1.82, 2.24) is 16.0 Å². The van der Waals surface area contributed by atoms with E-state index < -0.39 is 0 Å². The lowest BCUT2D eigenvalue weighted by atomic mass is 9.84. The molecule has 2 heterocycles. The SMILES string of the molecule is C1=CNCC(c2ccc(C3C=C(c4ccccc4)NC(c4cccc(-c5c6ccccc6c(-c6cccc7ccccc67)c6ccccc56)c4)N3)cc2)=C1. The molecular weight excluding hydrogens is 655 g/mol. The van der Waals surface area contributed by atoms with Crippen molar-refractivity contribution in [2.75, 3.05) is 6.54 Å². The zero-order valence-corrected chi connectivity index (χ0v) is 29.8. The Bertz CT molecular complexity index is 2710. The molecule has 0 bridgehead atoms. The van der Waals surface area contributed by atoms with Crippen molar-refractivity contribution in [1.29, 1.82) is 0 Å². The molecule has 3 nitrogen and oxygen atoms in total. The van der Waals surface area contributed by atoms with Gasteiger partial charge in [0.1, 0.15) is 6.17 Å². The fourth-order valence-corrected chi connectivity index (χ4v) is 8.42. The first-order chi connectivity index (χ1) is 26.8. The topological polar surface area (TPSA) is 36.1 Å². The van der Waals surface area contributed by atoms with Gasteiger partial charge in [-0.25, -0.2) is 0 Å². The van der Waals surface area contributed by atoms with Crippen LogP contribution in [0.5, 0.6) is 0 Å². The molecule has 0 amide bonds. The molecule has 0 radical (unpaired) electrons. The average Bonchev–Trinajstić information content (AvgIpc) is 3.26. The number of dihydropyridines is 1. The summed E-state index contributed by atoms with van der Waals surface area (Å²) in [5.74, 6) is 0. The van der Waals surface area contributed by atoms with Gasteiger partial charge in [0.2, 0.25) is 0 Å². The van der Waals surface area contributed by atoms with Gasteiger partial charge in [-0.3, -0.25) is 5.32 Å². The minimum atomic E-state index is -0.113. The summed E-state index contributed by atoms with van der Waals surface area (Å²) in [6.45, 7) is 0.842. The molecule has 0 aliphatic carbocycles. The van der Waals surface area contributed by atoms with Crippen molar-refractivity contribution in [3.05, 3.63) is 217 Å². The van der Waals surface area contributed by atoms with Crippen molar-refractivity contribution >= 4 is 43.6 Å². The molecule has 2 aliphatic rings. The Morgan fingerprint density at radius 2 is 1.11 bits per heavy atom. The summed E-state index contributed by atoms with van der Waals surface area (Å²) >= 11 is 0. The summed E-state index contributed by atoms with van der Waals surface area (Å²) in [4.78, 5) is 0. The first kappa shape index (κ1) is 32.0. The molecule has 258 valence electrons. The first-order valence-corrected chi connectivity index (χ1v) is 18.8. The summed E-state index contributed by atoms with van der Waals surface area (Å²) in [6, 6.07) is 62.1. The van der Waals surface area contributed by atoms with Crippen LogP contribution in [0, 0.1) is 0 Å². The third kappa shape index (κ3) is 5.76. The zero-order chi connectivity index (χ0) is 35.8. The predicted octanol–water partition coefficient (Wildman–Crippen LogP) is 12.0. The summed E-state index contributed by atoms with van der Waals surface area (Å²) in [5.41, 5.74) is 12.3. The van der Waals surface area contributed by atoms with E-state index in [0.717, 1.165) is 12.2 Å². The quantitative estimate of drug-likeness (QED) is 0.152. The minimum Gasteiger partial charge on any atom is -0.387 e. The van der Waals surface area contributed by atoms with Crippen LogP contribution in [0.25, 0.3) is 65.8 Å². The van der Waals surface area contributed by atoms with E-state index in [1.54, 1.807) is 0 Å². The maximum Gasteiger partial charge on any atom is 0.104 e. The van der Waals surface area contributed by atoms with Gasteiger partial charge in [0.25, 0.3) is 0 Å². The second-order valence-corrected chi connectivity index (χ2v) is 14.2. The maximum atomic E-state index is 3.96. The summed E-state index contributed by atoms with van der Waals surface area (Å²) < 4.78 is 0. The van der Waals surface area contributed by atoms with Gasteiger partial charge in [0.05, 0.1) is 6.04 Å². The molecule has 0 saturated heterocycles. The standard InChI is InChI=1S/C51H39N3/c1-2-14-36(15-3-1)47-32-48(37-28-26-34(27-29-37)40-19-12-30-52-33-40)54-51(53-47)39-18-10-17-38(31-39)49-43-21-6-8-23-45(43)50(46-24-9-7-22-44(46)49)42-25-11-16-35-13-4-5-20-41(35)42/h1-32,48,51-54H,33H2. The van der Waals surface area contributed by atoms with Gasteiger partial charge in [-0.1, -0.05) is 170 Å². The molecule has 0 fully saturated rings. The third-order valence-corrected chi connectivity index (χ3v) is 11.0. The van der Waals surface area contributed by atoms with Gasteiger partial charge in [-0.05, 0) is 107 Å². The van der Waals surface area contributed by atoms with E-state index in [1.807, 2.05) is 6.20 Å². The zero-order valence-electron chi connectivity index (χ0n) is 29.8. The van der Waals surface area contributed by atoms with E-state index >= 15 is 0 Å². The number of benzene rings is 8. The van der Waals surface area contributed by atoms with Gasteiger partial charge in [0.15, 0.2) is 0 Å². The monoisotopic (exact) mass is 693 g/mol. The van der Waals surface area contributed by atoms with E-state index in [0.29, 0.717) is 0 Å². The van der Waals surface area contributed by atoms with Crippen LogP contribution in [0.3, 0.4) is 0 Å². The van der Waals surface area contributed by atoms with Crippen LogP contribution in [0.1, 0.15) is 34.5 Å². The largest absolute Gasteiger partial charge is 0.387 e. The maximum absolute atomic E-state index is 3.96. The fraction of sp³-hybridized carbons (Fsp3) is 0.0588. The molecule has 8 aromatic rings. The number of rotatable bonds is 6. The van der Waals surface area contributed by atoms with Gasteiger partial charge in [0, 0.05) is 12.2 Å². The van der Waals surface area contributed by atoms with E-state index in [2.05, 4.69) is 204 Å². The lowest BCUT2D eigenvalue weighted by molar-refractivity contribution is 0.443. The Balaban J connectivity index is 1.09. The van der Waals surface area contributed by atoms with Crippen molar-refractivity contribution in [3.63, 3.8) is 0 Å². The Labute approximate surface area is 316 Å². The van der Waals surface area contributed by atoms with Crippen LogP contribution >= 0.6 is 0 Å². The molecule has 0 saturated carbocycles. The smallest absolute Gasteiger partial charge is 0.104 e. The molecular formula is C51H39N3. The molecule has 2 unspecified atom stereocenters. The number of allylic oxidation sites excluding steroid dienone is 2. The van der Waals surface area contributed by atoms with Crippen molar-refractivity contribution < 1.29 is 0 Å². The molecule has 8 aromatic carbocycles. The third-order valence-electron chi connectivity index (χ3n) is 11.0. The molecule has 2 atom stereocenters. The summed E-state index contributed by atoms with van der Waals surface area (Å²) in [5, 5.41) is 18.7. The lowest BCUT2D eigenvalue weighted by Crippen LogP contribution is -2.39. The Hall–Kier alpha value is -6.68. The van der Waals surface area contributed by atoms with Crippen molar-refractivity contribution in [3.8, 4) is 22.3 Å². The first-order valence-electron chi connectivity index (χ1n) is 18.8. The number of nitrogens with one attached hydrogen (secondary N) is 3. The Morgan fingerprint density at radius 3 is 1.83 bits per heavy atom. The van der Waals surface area contributed by atoms with E-state index in [-0.39, 0.29) is 12.2 Å². The molecule has 10 rings (SSSR count). The van der Waals surface area contributed by atoms with Crippen LogP contribution in [-0.4, -0.2) is 6.54 Å². The van der Waals surface area contributed by atoms with Crippen LogP contribution < -0.4 is 16.0 Å². The van der Waals surface area contributed by atoms with Crippen LogP contribution in [0.4, 0.5) is 0 Å². The van der Waals surface area contributed by atoms with Crippen LogP contribution in [0.15, 0.2) is 194 Å². The van der Waals surface area contributed by atoms with E-state index in [1.165, 1.54) is 82.4 Å². The van der Waals surface area contributed by atoms with Gasteiger partial charge >= 0.3 is 0 Å². The average molecular weight is 694 g/mol. The normalized spacial score (nSPS) is 16.8. The minimum absolute atomic E-state index is 0.0177. The van der Waals surface area contributed by atoms with E-state index in [9.17, 15) is 0 Å². The predicted molar refractivity (Wildman–Crippen MR) is 228 cm³/mol. The van der Waals surface area contributed by atoms with Crippen molar-refractivity contribution in [2.45, 2.75) is 12.2 Å². The molecule has 2 aliphatic heterocycles. The van der Waals surface area contributed by atoms with Crippen LogP contribution in [0.2, 0.25) is 0 Å². The highest BCUT2D eigenvalue weighted by molar-refractivity contribution is 6.23. The molecule has 54 heavy (non-hydrogen) atoms. The highest BCUT2D eigenvalue weighted by atomic mass is 15.2. The summed E-state index contributed by atoms with van der Waals surface area (Å²) in [6.07, 6.45) is 8.46. The second-order valence-electron chi connectivity index (χ2n) is 14.2. The highest BCUT2D eigenvalue weighted by Crippen LogP contribution is 2.45. The Kier molecular flexibility index (Phi) is 8.12. The highest BCUT2D eigenvalue weighted by Gasteiger charge is 2.25. The number of hydrogen-bond acceptors (Lipinski definition) is 3. The molecule has 0 spiro atoms. The second kappa shape index (κ2) is 13.7.